The van der Waals surface area contributed by atoms with E-state index >= 15 is 0 Å². The van der Waals surface area contributed by atoms with Crippen molar-refractivity contribution in [3.05, 3.63) is 0 Å². The van der Waals surface area contributed by atoms with Gasteiger partial charge in [-0.2, -0.15) is 26.3 Å². The number of hydrogen-bond donors (Lipinski definition) is 0. The van der Waals surface area contributed by atoms with Crippen molar-refractivity contribution in [3.8, 4) is 0 Å². The first-order chi connectivity index (χ1) is 5.62. The summed E-state index contributed by atoms with van der Waals surface area (Å²) < 4.78 is 84.3. The zero-order valence-corrected chi connectivity index (χ0v) is 6.56. The Morgan fingerprint density at radius 1 is 0.846 bits per heavy atom. The van der Waals surface area contributed by atoms with Crippen LogP contribution in [-0.2, 0) is 0 Å². The maximum absolute atomic E-state index is 12.2. The summed E-state index contributed by atoms with van der Waals surface area (Å²) in [4.78, 5) is 0. The zero-order valence-electron chi connectivity index (χ0n) is 6.56. The first-order valence-electron chi connectivity index (χ1n) is 3.32. The van der Waals surface area contributed by atoms with E-state index in [-0.39, 0.29) is 0 Å². The van der Waals surface area contributed by atoms with Gasteiger partial charge in [-0.05, 0) is 0 Å². The lowest BCUT2D eigenvalue weighted by molar-refractivity contribution is -0.312. The molecule has 0 aliphatic heterocycles. The van der Waals surface area contributed by atoms with Crippen LogP contribution in [0.3, 0.4) is 0 Å². The number of halogens is 7. The van der Waals surface area contributed by atoms with Crippen molar-refractivity contribution in [1.29, 1.82) is 0 Å². The van der Waals surface area contributed by atoms with E-state index in [0.717, 1.165) is 0 Å². The minimum atomic E-state index is -5.65. The van der Waals surface area contributed by atoms with E-state index < -0.39 is 30.9 Å². The van der Waals surface area contributed by atoms with Crippen LogP contribution in [0.2, 0.25) is 0 Å². The Morgan fingerprint density at radius 3 is 1.46 bits per heavy atom. The summed E-state index contributed by atoms with van der Waals surface area (Å²) >= 11 is 0. The summed E-state index contributed by atoms with van der Waals surface area (Å²) in [7, 11) is 0. The highest BCUT2D eigenvalue weighted by atomic mass is 19.3. The van der Waals surface area contributed by atoms with Gasteiger partial charge in [-0.1, -0.05) is 6.92 Å². The van der Waals surface area contributed by atoms with Crippen molar-refractivity contribution in [2.24, 2.45) is 0 Å². The van der Waals surface area contributed by atoms with E-state index in [1.807, 2.05) is 0 Å². The molecular weight excluding hydrogens is 205 g/mol. The minimum absolute atomic E-state index is 0.613. The van der Waals surface area contributed by atoms with Crippen LogP contribution < -0.4 is 0 Å². The van der Waals surface area contributed by atoms with Gasteiger partial charge in [0.25, 0.3) is 0 Å². The molecule has 0 spiro atoms. The van der Waals surface area contributed by atoms with Gasteiger partial charge in [0.15, 0.2) is 6.67 Å². The monoisotopic (exact) mass is 212 g/mol. The van der Waals surface area contributed by atoms with Gasteiger partial charge in [0.2, 0.25) is 0 Å². The van der Waals surface area contributed by atoms with E-state index in [9.17, 15) is 30.7 Å². The summed E-state index contributed by atoms with van der Waals surface area (Å²) in [6.07, 6.45) is -1.48. The second-order valence-corrected chi connectivity index (χ2v) is 2.47. The Hall–Kier alpha value is -0.490. The largest absolute Gasteiger partial charge is 0.374 e. The first kappa shape index (κ1) is 12.5. The highest BCUT2D eigenvalue weighted by Gasteiger charge is 2.70. The second-order valence-electron chi connectivity index (χ2n) is 2.47. The van der Waals surface area contributed by atoms with Crippen molar-refractivity contribution in [2.75, 3.05) is 6.67 Å². The molecule has 7 heteroatoms. The molecule has 0 nitrogen and oxygen atoms in total. The molecule has 0 bridgehead atoms. The maximum atomic E-state index is 12.2. The standard InChI is InChI=1S/C6H7F7/c1-2-4(8,9)6(12,13)5(10,11)3-7/h2-3H2,1H3. The zero-order chi connectivity index (χ0) is 10.9. The highest BCUT2D eigenvalue weighted by molar-refractivity contribution is 4.95. The molecule has 0 rings (SSSR count). The predicted octanol–water partition coefficient (Wildman–Crippen LogP) is 3.27. The van der Waals surface area contributed by atoms with E-state index in [2.05, 4.69) is 0 Å². The van der Waals surface area contributed by atoms with Gasteiger partial charge < -0.3 is 0 Å². The fraction of sp³-hybridized carbons (Fsp3) is 1.00. The fourth-order valence-electron chi connectivity index (χ4n) is 0.573. The molecule has 13 heavy (non-hydrogen) atoms. The molecule has 0 heterocycles. The number of alkyl halides is 7. The normalized spacial score (nSPS) is 14.8. The van der Waals surface area contributed by atoms with Crippen LogP contribution in [0.4, 0.5) is 30.7 Å². The SMILES string of the molecule is CCC(F)(F)C(F)(F)C(F)(F)CF. The van der Waals surface area contributed by atoms with Crippen LogP contribution in [0, 0.1) is 0 Å². The average molecular weight is 212 g/mol. The molecule has 0 unspecified atom stereocenters. The molecule has 0 atom stereocenters. The van der Waals surface area contributed by atoms with Crippen LogP contribution in [0.1, 0.15) is 13.3 Å². The lowest BCUT2D eigenvalue weighted by Gasteiger charge is -2.30. The first-order valence-corrected chi connectivity index (χ1v) is 3.32. The van der Waals surface area contributed by atoms with Crippen molar-refractivity contribution >= 4 is 0 Å². The van der Waals surface area contributed by atoms with Crippen LogP contribution >= 0.6 is 0 Å². The Labute approximate surface area is 69.7 Å². The van der Waals surface area contributed by atoms with Gasteiger partial charge in [-0.25, -0.2) is 4.39 Å². The summed E-state index contributed by atoms with van der Waals surface area (Å²) in [5.41, 5.74) is 0. The third-order valence-electron chi connectivity index (χ3n) is 1.53. The smallest absolute Gasteiger partial charge is 0.244 e. The molecule has 0 aliphatic rings. The van der Waals surface area contributed by atoms with E-state index in [1.165, 1.54) is 0 Å². The molecule has 0 amide bonds. The summed E-state index contributed by atoms with van der Waals surface area (Å²) in [6.45, 7) is -2.20. The van der Waals surface area contributed by atoms with Gasteiger partial charge in [0, 0.05) is 6.42 Å². The molecule has 0 aromatic heterocycles. The number of hydrogen-bond acceptors (Lipinski definition) is 0. The topological polar surface area (TPSA) is 0 Å². The molecular formula is C6H7F7. The second kappa shape index (κ2) is 3.34. The molecule has 0 saturated heterocycles. The fourth-order valence-corrected chi connectivity index (χ4v) is 0.573. The molecule has 0 aromatic carbocycles. The third-order valence-corrected chi connectivity index (χ3v) is 1.53. The lowest BCUT2D eigenvalue weighted by atomic mass is 10.0. The van der Waals surface area contributed by atoms with Gasteiger partial charge in [0.1, 0.15) is 0 Å². The lowest BCUT2D eigenvalue weighted by Crippen LogP contribution is -2.54. The molecule has 80 valence electrons. The number of rotatable bonds is 4. The van der Waals surface area contributed by atoms with E-state index in [4.69, 9.17) is 0 Å². The molecule has 0 radical (unpaired) electrons. The third kappa shape index (κ3) is 1.88. The summed E-state index contributed by atoms with van der Waals surface area (Å²) in [5.74, 6) is -15.9. The van der Waals surface area contributed by atoms with E-state index in [0.29, 0.717) is 6.92 Å². The minimum Gasteiger partial charge on any atom is -0.244 e. The van der Waals surface area contributed by atoms with Gasteiger partial charge in [0.05, 0.1) is 0 Å². The van der Waals surface area contributed by atoms with Crippen LogP contribution in [0.25, 0.3) is 0 Å². The maximum Gasteiger partial charge on any atom is 0.374 e. The van der Waals surface area contributed by atoms with Gasteiger partial charge in [-0.15, -0.1) is 0 Å². The van der Waals surface area contributed by atoms with Crippen molar-refractivity contribution in [3.63, 3.8) is 0 Å². The molecule has 0 aromatic rings. The van der Waals surface area contributed by atoms with Gasteiger partial charge >= 0.3 is 17.8 Å². The van der Waals surface area contributed by atoms with Crippen LogP contribution in [-0.4, -0.2) is 24.4 Å². The molecule has 0 fully saturated rings. The van der Waals surface area contributed by atoms with Crippen LogP contribution in [0.5, 0.6) is 0 Å². The predicted molar refractivity (Wildman–Crippen MR) is 31.1 cm³/mol. The Morgan fingerprint density at radius 2 is 1.23 bits per heavy atom. The van der Waals surface area contributed by atoms with Crippen LogP contribution in [0.15, 0.2) is 0 Å². The molecule has 0 N–H and O–H groups in total. The van der Waals surface area contributed by atoms with Crippen molar-refractivity contribution in [1.82, 2.24) is 0 Å². The molecule has 0 saturated carbocycles. The Balaban J connectivity index is 4.95. The van der Waals surface area contributed by atoms with Crippen molar-refractivity contribution < 1.29 is 30.7 Å². The average Bonchev–Trinajstić information content (AvgIpc) is 2.03. The summed E-state index contributed by atoms with van der Waals surface area (Å²) in [5, 5.41) is 0. The van der Waals surface area contributed by atoms with Gasteiger partial charge in [-0.3, -0.25) is 0 Å². The Kier molecular flexibility index (Phi) is 3.21. The summed E-state index contributed by atoms with van der Waals surface area (Å²) in [6, 6.07) is 0. The highest BCUT2D eigenvalue weighted by Crippen LogP contribution is 2.47. The Bertz CT molecular complexity index is 156. The van der Waals surface area contributed by atoms with Crippen molar-refractivity contribution in [2.45, 2.75) is 31.1 Å². The quantitative estimate of drug-likeness (QED) is 0.627. The van der Waals surface area contributed by atoms with E-state index in [1.54, 1.807) is 0 Å². The molecule has 0 aliphatic carbocycles.